The van der Waals surface area contributed by atoms with Crippen LogP contribution in [0.3, 0.4) is 0 Å². The number of carboxylic acids is 1. The van der Waals surface area contributed by atoms with Crippen molar-refractivity contribution in [2.75, 3.05) is 0 Å². The van der Waals surface area contributed by atoms with Crippen molar-refractivity contribution in [3.8, 4) is 5.75 Å². The smallest absolute Gasteiger partial charge is 0.354 e. The predicted molar refractivity (Wildman–Crippen MR) is 77.3 cm³/mol. The van der Waals surface area contributed by atoms with Crippen LogP contribution in [0.1, 0.15) is 16.2 Å². The first-order chi connectivity index (χ1) is 10.2. The first-order valence-corrected chi connectivity index (χ1v) is 6.40. The van der Waals surface area contributed by atoms with Crippen molar-refractivity contribution >= 4 is 16.9 Å². The number of aromatic carboxylic acids is 1. The van der Waals surface area contributed by atoms with Gasteiger partial charge in [0.25, 0.3) is 0 Å². The molecule has 0 saturated heterocycles. The van der Waals surface area contributed by atoms with Crippen molar-refractivity contribution in [1.29, 1.82) is 0 Å². The lowest BCUT2D eigenvalue weighted by Crippen LogP contribution is -2.02. The van der Waals surface area contributed by atoms with Gasteiger partial charge in [-0.3, -0.25) is 4.98 Å². The summed E-state index contributed by atoms with van der Waals surface area (Å²) in [5, 5.41) is 9.86. The zero-order chi connectivity index (χ0) is 14.7. The molecule has 0 bridgehead atoms. The summed E-state index contributed by atoms with van der Waals surface area (Å²) in [7, 11) is 0. The van der Waals surface area contributed by atoms with E-state index in [1.54, 1.807) is 18.3 Å². The summed E-state index contributed by atoms with van der Waals surface area (Å²) < 4.78 is 5.72. The standard InChI is InChI=1S/C16H12N2O3/c19-16(20)13-8-7-11-4-3-6-14(15(11)18-13)21-10-12-5-1-2-9-17-12/h1-9H,10H2,(H,19,20). The molecule has 1 N–H and O–H groups in total. The van der Waals surface area contributed by atoms with E-state index in [0.29, 0.717) is 17.9 Å². The number of para-hydroxylation sites is 1. The van der Waals surface area contributed by atoms with E-state index in [0.717, 1.165) is 11.1 Å². The maximum absolute atomic E-state index is 11.0. The quantitative estimate of drug-likeness (QED) is 0.795. The number of carboxylic acid groups (broad SMARTS) is 1. The molecule has 2 aromatic heterocycles. The van der Waals surface area contributed by atoms with E-state index in [1.807, 2.05) is 30.3 Å². The number of benzene rings is 1. The second-order valence-electron chi connectivity index (χ2n) is 4.44. The number of carbonyl (C=O) groups is 1. The Balaban J connectivity index is 1.94. The van der Waals surface area contributed by atoms with Gasteiger partial charge in [0.15, 0.2) is 0 Å². The molecule has 0 saturated carbocycles. The summed E-state index contributed by atoms with van der Waals surface area (Å²) in [6.45, 7) is 0.304. The molecule has 0 spiro atoms. The molecule has 0 aliphatic rings. The second-order valence-corrected chi connectivity index (χ2v) is 4.44. The Labute approximate surface area is 120 Å². The minimum atomic E-state index is -1.06. The molecule has 21 heavy (non-hydrogen) atoms. The maximum Gasteiger partial charge on any atom is 0.354 e. The largest absolute Gasteiger partial charge is 0.485 e. The first kappa shape index (κ1) is 13.1. The summed E-state index contributed by atoms with van der Waals surface area (Å²) in [5.41, 5.74) is 1.33. The molecule has 0 unspecified atom stereocenters. The van der Waals surface area contributed by atoms with Crippen molar-refractivity contribution < 1.29 is 14.6 Å². The number of rotatable bonds is 4. The van der Waals surface area contributed by atoms with Gasteiger partial charge in [0, 0.05) is 11.6 Å². The number of ether oxygens (including phenoxy) is 1. The molecule has 0 aliphatic carbocycles. The van der Waals surface area contributed by atoms with Gasteiger partial charge < -0.3 is 9.84 Å². The summed E-state index contributed by atoms with van der Waals surface area (Å²) >= 11 is 0. The number of nitrogens with zero attached hydrogens (tertiary/aromatic N) is 2. The van der Waals surface area contributed by atoms with Crippen molar-refractivity contribution in [3.63, 3.8) is 0 Å². The van der Waals surface area contributed by atoms with Crippen molar-refractivity contribution in [1.82, 2.24) is 9.97 Å². The highest BCUT2D eigenvalue weighted by atomic mass is 16.5. The SMILES string of the molecule is O=C(O)c1ccc2cccc(OCc3ccccn3)c2n1. The lowest BCUT2D eigenvalue weighted by Gasteiger charge is -2.08. The lowest BCUT2D eigenvalue weighted by atomic mass is 10.2. The van der Waals surface area contributed by atoms with Gasteiger partial charge in [-0.1, -0.05) is 24.3 Å². The molecule has 0 aliphatic heterocycles. The highest BCUT2D eigenvalue weighted by Gasteiger charge is 2.09. The van der Waals surface area contributed by atoms with E-state index in [1.165, 1.54) is 6.07 Å². The first-order valence-electron chi connectivity index (χ1n) is 6.40. The average molecular weight is 280 g/mol. The third-order valence-corrected chi connectivity index (χ3v) is 3.00. The second kappa shape index (κ2) is 5.58. The average Bonchev–Trinajstić information content (AvgIpc) is 2.53. The molecule has 0 amide bonds. The molecule has 0 fully saturated rings. The number of hydrogen-bond donors (Lipinski definition) is 1. The lowest BCUT2D eigenvalue weighted by molar-refractivity contribution is 0.0691. The fourth-order valence-corrected chi connectivity index (χ4v) is 1.99. The van der Waals surface area contributed by atoms with E-state index >= 15 is 0 Å². The highest BCUT2D eigenvalue weighted by molar-refractivity contribution is 5.91. The fraction of sp³-hybridized carbons (Fsp3) is 0.0625. The number of hydrogen-bond acceptors (Lipinski definition) is 4. The normalized spacial score (nSPS) is 10.5. The summed E-state index contributed by atoms with van der Waals surface area (Å²) in [6, 6.07) is 14.3. The maximum atomic E-state index is 11.0. The third-order valence-electron chi connectivity index (χ3n) is 3.00. The van der Waals surface area contributed by atoms with Crippen LogP contribution in [-0.4, -0.2) is 21.0 Å². The van der Waals surface area contributed by atoms with Crippen LogP contribution in [0.5, 0.6) is 5.75 Å². The van der Waals surface area contributed by atoms with Crippen LogP contribution in [0.25, 0.3) is 10.9 Å². The monoisotopic (exact) mass is 280 g/mol. The van der Waals surface area contributed by atoms with Gasteiger partial charge in [0.05, 0.1) is 5.69 Å². The Kier molecular flexibility index (Phi) is 3.47. The van der Waals surface area contributed by atoms with E-state index in [4.69, 9.17) is 9.84 Å². The van der Waals surface area contributed by atoms with E-state index in [-0.39, 0.29) is 5.69 Å². The zero-order valence-electron chi connectivity index (χ0n) is 11.1. The number of aromatic nitrogens is 2. The summed E-state index contributed by atoms with van der Waals surface area (Å²) in [4.78, 5) is 19.3. The minimum absolute atomic E-state index is 0.00335. The molecule has 1 aromatic carbocycles. The third kappa shape index (κ3) is 2.81. The Hall–Kier alpha value is -2.95. The van der Waals surface area contributed by atoms with Crippen LogP contribution in [0.2, 0.25) is 0 Å². The van der Waals surface area contributed by atoms with Gasteiger partial charge >= 0.3 is 5.97 Å². The molecule has 2 heterocycles. The Morgan fingerprint density at radius 3 is 2.76 bits per heavy atom. The Morgan fingerprint density at radius 1 is 1.10 bits per heavy atom. The number of fused-ring (bicyclic) bond motifs is 1. The molecule has 5 heteroatoms. The van der Waals surface area contributed by atoms with Gasteiger partial charge in [-0.2, -0.15) is 0 Å². The van der Waals surface area contributed by atoms with Gasteiger partial charge in [-0.15, -0.1) is 0 Å². The van der Waals surface area contributed by atoms with E-state index in [2.05, 4.69) is 9.97 Å². The fourth-order valence-electron chi connectivity index (χ4n) is 1.99. The van der Waals surface area contributed by atoms with Gasteiger partial charge in [0.1, 0.15) is 23.6 Å². The van der Waals surface area contributed by atoms with Crippen molar-refractivity contribution in [2.24, 2.45) is 0 Å². The number of pyridine rings is 2. The molecule has 3 aromatic rings. The van der Waals surface area contributed by atoms with E-state index < -0.39 is 5.97 Å². The predicted octanol–water partition coefficient (Wildman–Crippen LogP) is 2.91. The Morgan fingerprint density at radius 2 is 2.00 bits per heavy atom. The molecule has 0 radical (unpaired) electrons. The van der Waals surface area contributed by atoms with Crippen LogP contribution >= 0.6 is 0 Å². The van der Waals surface area contributed by atoms with Crippen LogP contribution in [-0.2, 0) is 6.61 Å². The zero-order valence-corrected chi connectivity index (χ0v) is 11.1. The van der Waals surface area contributed by atoms with Crippen LogP contribution in [0, 0.1) is 0 Å². The van der Waals surface area contributed by atoms with E-state index in [9.17, 15) is 4.79 Å². The van der Waals surface area contributed by atoms with Gasteiger partial charge in [-0.05, 0) is 24.3 Å². The van der Waals surface area contributed by atoms with Crippen molar-refractivity contribution in [2.45, 2.75) is 6.61 Å². The molecular formula is C16H12N2O3. The van der Waals surface area contributed by atoms with Crippen LogP contribution in [0.15, 0.2) is 54.7 Å². The topological polar surface area (TPSA) is 72.3 Å². The van der Waals surface area contributed by atoms with Gasteiger partial charge in [-0.25, -0.2) is 9.78 Å². The molecular weight excluding hydrogens is 268 g/mol. The summed E-state index contributed by atoms with van der Waals surface area (Å²) in [6.07, 6.45) is 1.70. The molecule has 0 atom stereocenters. The Bertz CT molecular complexity index is 788. The molecule has 3 rings (SSSR count). The summed E-state index contributed by atoms with van der Waals surface area (Å²) in [5.74, 6) is -0.516. The van der Waals surface area contributed by atoms with Crippen LogP contribution < -0.4 is 4.74 Å². The highest BCUT2D eigenvalue weighted by Crippen LogP contribution is 2.24. The molecule has 104 valence electrons. The van der Waals surface area contributed by atoms with Crippen LogP contribution in [0.4, 0.5) is 0 Å². The van der Waals surface area contributed by atoms with Gasteiger partial charge in [0.2, 0.25) is 0 Å². The van der Waals surface area contributed by atoms with Crippen molar-refractivity contribution in [3.05, 3.63) is 66.1 Å². The minimum Gasteiger partial charge on any atom is -0.485 e. The molecule has 5 nitrogen and oxygen atoms in total.